The Morgan fingerprint density at radius 3 is 2.42 bits per heavy atom. The van der Waals surface area contributed by atoms with Crippen molar-refractivity contribution in [2.75, 3.05) is 17.2 Å². The van der Waals surface area contributed by atoms with E-state index in [2.05, 4.69) is 21.7 Å². The average molecular weight is 598 g/mol. The lowest BCUT2D eigenvalue weighted by molar-refractivity contribution is -0.116. The Morgan fingerprint density at radius 1 is 1.00 bits per heavy atom. The highest BCUT2D eigenvalue weighted by atomic mass is 32.1. The van der Waals surface area contributed by atoms with Crippen LogP contribution < -0.4 is 10.6 Å². The molecule has 4 N–H and O–H groups in total. The lowest BCUT2D eigenvalue weighted by Crippen LogP contribution is -2.45. The smallest absolute Gasteiger partial charge is 0.407 e. The minimum Gasteiger partial charge on any atom is -0.507 e. The van der Waals surface area contributed by atoms with E-state index in [-0.39, 0.29) is 36.0 Å². The molecule has 0 bridgehead atoms. The molecule has 0 aliphatic heterocycles. The first kappa shape index (κ1) is 30.7. The fourth-order valence-corrected chi connectivity index (χ4v) is 5.10. The van der Waals surface area contributed by atoms with Crippen molar-refractivity contribution in [1.82, 2.24) is 9.88 Å². The Balaban J connectivity index is 1.64. The highest BCUT2D eigenvalue weighted by Gasteiger charge is 2.25. The van der Waals surface area contributed by atoms with Gasteiger partial charge in [-0.15, -0.1) is 11.3 Å². The number of amides is 3. The maximum atomic E-state index is 12.9. The summed E-state index contributed by atoms with van der Waals surface area (Å²) in [5, 5.41) is 37.5. The van der Waals surface area contributed by atoms with Gasteiger partial charge in [-0.3, -0.25) is 9.59 Å². The molecule has 0 aliphatic carbocycles. The molecule has 0 aliphatic rings. The number of nitriles is 1. The monoisotopic (exact) mass is 597 g/mol. The lowest BCUT2D eigenvalue weighted by atomic mass is 9.97. The molecule has 4 aromatic rings. The number of hydrogen-bond acceptors (Lipinski definition) is 7. The van der Waals surface area contributed by atoms with Crippen LogP contribution in [0.1, 0.15) is 48.8 Å². The van der Waals surface area contributed by atoms with Gasteiger partial charge < -0.3 is 25.7 Å². The summed E-state index contributed by atoms with van der Waals surface area (Å²) >= 11 is 1.25. The van der Waals surface area contributed by atoms with Crippen molar-refractivity contribution >= 4 is 40.7 Å². The van der Waals surface area contributed by atoms with Gasteiger partial charge in [-0.1, -0.05) is 30.3 Å². The molecule has 0 unspecified atom stereocenters. The van der Waals surface area contributed by atoms with Crippen molar-refractivity contribution in [3.8, 4) is 34.2 Å². The van der Waals surface area contributed by atoms with E-state index in [1.54, 1.807) is 86.8 Å². The van der Waals surface area contributed by atoms with Gasteiger partial charge in [0.1, 0.15) is 17.4 Å². The van der Waals surface area contributed by atoms with Gasteiger partial charge in [0.25, 0.3) is 5.91 Å². The van der Waals surface area contributed by atoms with Crippen LogP contribution in [0.2, 0.25) is 0 Å². The second kappa shape index (κ2) is 13.2. The van der Waals surface area contributed by atoms with Gasteiger partial charge in [-0.05, 0) is 74.5 Å². The number of nitrogens with one attached hydrogen (secondary N) is 2. The Morgan fingerprint density at radius 2 is 1.77 bits per heavy atom. The van der Waals surface area contributed by atoms with Crippen LogP contribution in [-0.2, 0) is 4.79 Å². The quantitative estimate of drug-likeness (QED) is 0.165. The third-order valence-corrected chi connectivity index (χ3v) is 7.44. The first-order valence-corrected chi connectivity index (χ1v) is 14.3. The normalized spacial score (nSPS) is 10.9. The summed E-state index contributed by atoms with van der Waals surface area (Å²) in [5.41, 5.74) is 1.77. The highest BCUT2D eigenvalue weighted by molar-refractivity contribution is 7.12. The Hall–Kier alpha value is -5.21. The van der Waals surface area contributed by atoms with E-state index in [0.29, 0.717) is 39.4 Å². The number of phenolic OH excluding ortho intramolecular Hbond substituents is 1. The summed E-state index contributed by atoms with van der Waals surface area (Å²) in [7, 11) is 0. The van der Waals surface area contributed by atoms with Gasteiger partial charge in [-0.2, -0.15) is 5.26 Å². The van der Waals surface area contributed by atoms with E-state index in [9.17, 15) is 29.9 Å². The minimum absolute atomic E-state index is 0.0184. The van der Waals surface area contributed by atoms with E-state index in [0.717, 1.165) is 0 Å². The van der Waals surface area contributed by atoms with Crippen molar-refractivity contribution in [2.24, 2.45) is 0 Å². The standard InChI is InChI=1S/C32H31N5O5S/c1-32(2,3)37(31(41)42)15-7-14-28(39)34-21-10-6-9-20(17-21)23-18-25(22-11-4-5-12-26(22)38)35-29(24(23)19-33)36-30(40)27-13-8-16-43-27/h4-6,8-13,16-18,38H,7,14-15H2,1-3H3,(H,34,39)(H,41,42)(H,35,36,40). The summed E-state index contributed by atoms with van der Waals surface area (Å²) in [6.45, 7) is 5.60. The number of thiophene rings is 1. The molecular weight excluding hydrogens is 566 g/mol. The summed E-state index contributed by atoms with van der Waals surface area (Å²) in [6.07, 6.45) is -0.589. The van der Waals surface area contributed by atoms with E-state index >= 15 is 0 Å². The number of carbonyl (C=O) groups is 3. The molecule has 11 heteroatoms. The molecule has 43 heavy (non-hydrogen) atoms. The van der Waals surface area contributed by atoms with Crippen molar-refractivity contribution in [3.63, 3.8) is 0 Å². The van der Waals surface area contributed by atoms with Gasteiger partial charge >= 0.3 is 6.09 Å². The fraction of sp³-hybridized carbons (Fsp3) is 0.219. The Labute approximate surface area is 253 Å². The van der Waals surface area contributed by atoms with Crippen LogP contribution in [0.4, 0.5) is 16.3 Å². The SMILES string of the molecule is CC(C)(C)N(CCCC(=O)Nc1cccc(-c2cc(-c3ccccc3O)nc(NC(=O)c3cccs3)c2C#N)c1)C(=O)O. The average Bonchev–Trinajstić information content (AvgIpc) is 3.50. The zero-order valence-electron chi connectivity index (χ0n) is 23.9. The van der Waals surface area contributed by atoms with E-state index in [1.807, 2.05) is 0 Å². The van der Waals surface area contributed by atoms with Crippen molar-refractivity contribution < 1.29 is 24.6 Å². The number of carboxylic acid groups (broad SMARTS) is 1. The van der Waals surface area contributed by atoms with Gasteiger partial charge in [0.15, 0.2) is 5.82 Å². The highest BCUT2D eigenvalue weighted by Crippen LogP contribution is 2.36. The Bertz CT molecular complexity index is 1690. The first-order chi connectivity index (χ1) is 20.5. The van der Waals surface area contributed by atoms with Crippen LogP contribution in [0.3, 0.4) is 0 Å². The molecule has 0 saturated heterocycles. The van der Waals surface area contributed by atoms with Crippen LogP contribution in [0.5, 0.6) is 5.75 Å². The van der Waals surface area contributed by atoms with Gasteiger partial charge in [0.05, 0.1) is 10.6 Å². The van der Waals surface area contributed by atoms with E-state index < -0.39 is 17.5 Å². The predicted octanol–water partition coefficient (Wildman–Crippen LogP) is 6.80. The zero-order valence-corrected chi connectivity index (χ0v) is 24.7. The van der Waals surface area contributed by atoms with Crippen LogP contribution >= 0.6 is 11.3 Å². The van der Waals surface area contributed by atoms with Crippen molar-refractivity contribution in [2.45, 2.75) is 39.2 Å². The molecule has 2 heterocycles. The first-order valence-electron chi connectivity index (χ1n) is 13.5. The molecule has 2 aromatic heterocycles. The summed E-state index contributed by atoms with van der Waals surface area (Å²) in [4.78, 5) is 43.5. The molecule has 0 atom stereocenters. The number of carbonyl (C=O) groups excluding carboxylic acids is 2. The molecule has 10 nitrogen and oxygen atoms in total. The number of para-hydroxylation sites is 1. The van der Waals surface area contributed by atoms with Crippen molar-refractivity contribution in [3.05, 3.63) is 82.6 Å². The molecule has 0 spiro atoms. The van der Waals surface area contributed by atoms with Crippen LogP contribution in [-0.4, -0.2) is 50.1 Å². The number of pyridine rings is 1. The second-order valence-corrected chi connectivity index (χ2v) is 11.6. The maximum absolute atomic E-state index is 12.9. The molecule has 220 valence electrons. The molecule has 0 radical (unpaired) electrons. The van der Waals surface area contributed by atoms with Crippen LogP contribution in [0, 0.1) is 11.3 Å². The van der Waals surface area contributed by atoms with Crippen molar-refractivity contribution in [1.29, 1.82) is 5.26 Å². The molecule has 3 amide bonds. The third-order valence-electron chi connectivity index (χ3n) is 6.57. The molecular formula is C32H31N5O5S. The number of hydrogen-bond donors (Lipinski definition) is 4. The fourth-order valence-electron chi connectivity index (χ4n) is 4.49. The third kappa shape index (κ3) is 7.55. The number of phenols is 1. The summed E-state index contributed by atoms with van der Waals surface area (Å²) in [5.74, 6) is -0.693. The predicted molar refractivity (Wildman–Crippen MR) is 166 cm³/mol. The maximum Gasteiger partial charge on any atom is 0.407 e. The topological polar surface area (TPSA) is 156 Å². The molecule has 0 fully saturated rings. The number of anilines is 2. The summed E-state index contributed by atoms with van der Waals surface area (Å²) in [6, 6.07) is 20.7. The van der Waals surface area contributed by atoms with Crippen LogP contribution in [0.25, 0.3) is 22.4 Å². The van der Waals surface area contributed by atoms with E-state index in [4.69, 9.17) is 0 Å². The van der Waals surface area contributed by atoms with Gasteiger partial charge in [-0.25, -0.2) is 9.78 Å². The second-order valence-electron chi connectivity index (χ2n) is 10.7. The number of aromatic hydroxyl groups is 1. The molecule has 2 aromatic carbocycles. The Kier molecular flexibility index (Phi) is 9.42. The largest absolute Gasteiger partial charge is 0.507 e. The zero-order chi connectivity index (χ0) is 31.1. The van der Waals surface area contributed by atoms with Gasteiger partial charge in [0.2, 0.25) is 5.91 Å². The number of aromatic nitrogens is 1. The molecule has 4 rings (SSSR count). The number of rotatable bonds is 9. The lowest BCUT2D eigenvalue weighted by Gasteiger charge is -2.33. The molecule has 0 saturated carbocycles. The number of nitrogens with zero attached hydrogens (tertiary/aromatic N) is 3. The van der Waals surface area contributed by atoms with Gasteiger partial charge in [0, 0.05) is 35.3 Å². The number of benzene rings is 2. The summed E-state index contributed by atoms with van der Waals surface area (Å²) < 4.78 is 0. The van der Waals surface area contributed by atoms with Crippen LogP contribution in [0.15, 0.2) is 72.1 Å². The van der Waals surface area contributed by atoms with E-state index in [1.165, 1.54) is 22.3 Å². The minimum atomic E-state index is -1.04.